The van der Waals surface area contributed by atoms with E-state index in [2.05, 4.69) is 0 Å². The molecule has 0 unspecified atom stereocenters. The minimum atomic E-state index is 0.246. The minimum absolute atomic E-state index is 0.246. The van der Waals surface area contributed by atoms with E-state index in [9.17, 15) is 0 Å². The highest BCUT2D eigenvalue weighted by Gasteiger charge is 1.95. The van der Waals surface area contributed by atoms with Crippen molar-refractivity contribution in [1.82, 2.24) is 0 Å². The Balaban J connectivity index is 1.92. The fraction of sp³-hybridized carbons (Fsp3) is 0.500. The summed E-state index contributed by atoms with van der Waals surface area (Å²) < 4.78 is 10.5. The van der Waals surface area contributed by atoms with E-state index >= 15 is 0 Å². The lowest BCUT2D eigenvalue weighted by Crippen LogP contribution is -2.09. The van der Waals surface area contributed by atoms with Crippen LogP contribution < -0.4 is 5.73 Å². The first-order chi connectivity index (χ1) is 6.79. The molecule has 0 spiro atoms. The summed E-state index contributed by atoms with van der Waals surface area (Å²) >= 11 is 0. The van der Waals surface area contributed by atoms with E-state index in [0.717, 1.165) is 18.6 Å². The summed E-state index contributed by atoms with van der Waals surface area (Å²) in [6, 6.07) is 3.73. The van der Waals surface area contributed by atoms with Crippen LogP contribution in [0.1, 0.15) is 25.0 Å². The van der Waals surface area contributed by atoms with E-state index in [1.165, 1.54) is 0 Å². The second kappa shape index (κ2) is 6.21. The Morgan fingerprint density at radius 3 is 3.00 bits per heavy atom. The number of hydrogen-bond donors (Lipinski definition) is 2. The smallest absolute Gasteiger partial charge is 0.129 e. The maximum atomic E-state index is 7.01. The van der Waals surface area contributed by atoms with Crippen molar-refractivity contribution in [1.29, 1.82) is 5.41 Å². The first-order valence-electron chi connectivity index (χ1n) is 4.72. The zero-order valence-corrected chi connectivity index (χ0v) is 8.16. The van der Waals surface area contributed by atoms with Crippen molar-refractivity contribution in [2.45, 2.75) is 25.9 Å². The van der Waals surface area contributed by atoms with Crippen molar-refractivity contribution in [2.24, 2.45) is 5.73 Å². The number of hydrogen-bond acceptors (Lipinski definition) is 3. The standard InChI is InChI=1S/C10H16N2O2/c11-10(12)5-1-2-6-13-8-9-4-3-7-14-9/h3-4,7H,1-2,5-6,8H2,(H3,11,12). The van der Waals surface area contributed by atoms with Gasteiger partial charge in [-0.1, -0.05) is 0 Å². The summed E-state index contributed by atoms with van der Waals surface area (Å²) in [4.78, 5) is 0. The van der Waals surface area contributed by atoms with Crippen LogP contribution in [0.3, 0.4) is 0 Å². The van der Waals surface area contributed by atoms with Gasteiger partial charge in [0.15, 0.2) is 0 Å². The van der Waals surface area contributed by atoms with Crippen LogP contribution in [-0.2, 0) is 11.3 Å². The third-order valence-electron chi connectivity index (χ3n) is 1.81. The Bertz CT molecular complexity index is 257. The molecule has 0 saturated carbocycles. The van der Waals surface area contributed by atoms with Crippen molar-refractivity contribution in [2.75, 3.05) is 6.61 Å². The fourth-order valence-electron chi connectivity index (χ4n) is 1.09. The number of furan rings is 1. The third kappa shape index (κ3) is 4.67. The van der Waals surface area contributed by atoms with Crippen LogP contribution in [0.5, 0.6) is 0 Å². The van der Waals surface area contributed by atoms with Gasteiger partial charge >= 0.3 is 0 Å². The van der Waals surface area contributed by atoms with E-state index in [1.807, 2.05) is 12.1 Å². The molecule has 0 aliphatic heterocycles. The summed E-state index contributed by atoms with van der Waals surface area (Å²) in [6.07, 6.45) is 4.13. The van der Waals surface area contributed by atoms with E-state index in [4.69, 9.17) is 20.3 Å². The van der Waals surface area contributed by atoms with Crippen molar-refractivity contribution >= 4 is 5.84 Å². The minimum Gasteiger partial charge on any atom is -0.467 e. The molecule has 14 heavy (non-hydrogen) atoms. The first-order valence-corrected chi connectivity index (χ1v) is 4.72. The summed E-state index contributed by atoms with van der Waals surface area (Å²) in [5.41, 5.74) is 5.21. The first kappa shape index (κ1) is 10.8. The topological polar surface area (TPSA) is 72.2 Å². The molecular formula is C10H16N2O2. The molecule has 0 saturated heterocycles. The van der Waals surface area contributed by atoms with Gasteiger partial charge in [0.2, 0.25) is 0 Å². The van der Waals surface area contributed by atoms with Crippen LogP contribution in [-0.4, -0.2) is 12.4 Å². The molecular weight excluding hydrogens is 180 g/mol. The number of unbranched alkanes of at least 4 members (excludes halogenated alkanes) is 1. The summed E-state index contributed by atoms with van der Waals surface area (Å²) in [5, 5.41) is 7.01. The Morgan fingerprint density at radius 2 is 2.36 bits per heavy atom. The van der Waals surface area contributed by atoms with Gasteiger partial charge in [-0.05, 0) is 25.0 Å². The molecule has 1 aromatic rings. The molecule has 4 heteroatoms. The second-order valence-corrected chi connectivity index (χ2v) is 3.11. The Labute approximate surface area is 83.6 Å². The Hall–Kier alpha value is -1.29. The summed E-state index contributed by atoms with van der Waals surface area (Å²) in [7, 11) is 0. The van der Waals surface area contributed by atoms with Crippen molar-refractivity contribution < 1.29 is 9.15 Å². The van der Waals surface area contributed by atoms with Crippen LogP contribution in [0.25, 0.3) is 0 Å². The van der Waals surface area contributed by atoms with Crippen LogP contribution >= 0.6 is 0 Å². The third-order valence-corrected chi connectivity index (χ3v) is 1.81. The van der Waals surface area contributed by atoms with Gasteiger partial charge in [0.25, 0.3) is 0 Å². The zero-order valence-electron chi connectivity index (χ0n) is 8.16. The predicted molar refractivity (Wildman–Crippen MR) is 54.1 cm³/mol. The molecule has 0 aromatic carbocycles. The lowest BCUT2D eigenvalue weighted by molar-refractivity contribution is 0.103. The molecule has 0 fully saturated rings. The maximum Gasteiger partial charge on any atom is 0.129 e. The van der Waals surface area contributed by atoms with E-state index in [0.29, 0.717) is 19.6 Å². The van der Waals surface area contributed by atoms with E-state index in [-0.39, 0.29) is 5.84 Å². The Kier molecular flexibility index (Phi) is 4.78. The zero-order chi connectivity index (χ0) is 10.2. The number of ether oxygens (including phenoxy) is 1. The number of nitrogens with two attached hydrogens (primary N) is 1. The average Bonchev–Trinajstić information content (AvgIpc) is 2.63. The Morgan fingerprint density at radius 1 is 1.50 bits per heavy atom. The molecule has 0 amide bonds. The molecule has 1 aromatic heterocycles. The molecule has 3 N–H and O–H groups in total. The molecule has 0 bridgehead atoms. The average molecular weight is 196 g/mol. The molecule has 4 nitrogen and oxygen atoms in total. The van der Waals surface area contributed by atoms with Gasteiger partial charge in [-0.15, -0.1) is 0 Å². The van der Waals surface area contributed by atoms with Gasteiger partial charge < -0.3 is 14.9 Å². The monoisotopic (exact) mass is 196 g/mol. The van der Waals surface area contributed by atoms with Crippen LogP contribution in [0.2, 0.25) is 0 Å². The highest BCUT2D eigenvalue weighted by Crippen LogP contribution is 2.03. The van der Waals surface area contributed by atoms with Crippen molar-refractivity contribution in [3.63, 3.8) is 0 Å². The predicted octanol–water partition coefficient (Wildman–Crippen LogP) is 1.90. The number of amidine groups is 1. The molecule has 1 rings (SSSR count). The van der Waals surface area contributed by atoms with Crippen molar-refractivity contribution in [3.8, 4) is 0 Å². The normalized spacial score (nSPS) is 10.3. The van der Waals surface area contributed by atoms with Gasteiger partial charge in [0.05, 0.1) is 12.1 Å². The summed E-state index contributed by atoms with van der Waals surface area (Å²) in [5.74, 6) is 1.09. The maximum absolute atomic E-state index is 7.01. The lowest BCUT2D eigenvalue weighted by atomic mass is 10.2. The lowest BCUT2D eigenvalue weighted by Gasteiger charge is -2.01. The van der Waals surface area contributed by atoms with Crippen LogP contribution in [0.15, 0.2) is 22.8 Å². The quantitative estimate of drug-likeness (QED) is 0.397. The van der Waals surface area contributed by atoms with Gasteiger partial charge in [-0.2, -0.15) is 0 Å². The highest BCUT2D eigenvalue weighted by atomic mass is 16.5. The number of rotatable bonds is 7. The largest absolute Gasteiger partial charge is 0.467 e. The van der Waals surface area contributed by atoms with Crippen LogP contribution in [0, 0.1) is 5.41 Å². The molecule has 0 radical (unpaired) electrons. The van der Waals surface area contributed by atoms with Gasteiger partial charge in [0, 0.05) is 13.0 Å². The van der Waals surface area contributed by atoms with E-state index in [1.54, 1.807) is 6.26 Å². The van der Waals surface area contributed by atoms with E-state index < -0.39 is 0 Å². The van der Waals surface area contributed by atoms with Gasteiger partial charge in [0.1, 0.15) is 12.4 Å². The SMILES string of the molecule is N=C(N)CCCCOCc1ccco1. The highest BCUT2D eigenvalue weighted by molar-refractivity contribution is 5.76. The van der Waals surface area contributed by atoms with Gasteiger partial charge in [-0.3, -0.25) is 5.41 Å². The van der Waals surface area contributed by atoms with Crippen LogP contribution in [0.4, 0.5) is 0 Å². The molecule has 0 atom stereocenters. The molecule has 78 valence electrons. The molecule has 1 heterocycles. The second-order valence-electron chi connectivity index (χ2n) is 3.11. The van der Waals surface area contributed by atoms with Crippen molar-refractivity contribution in [3.05, 3.63) is 24.2 Å². The van der Waals surface area contributed by atoms with Gasteiger partial charge in [-0.25, -0.2) is 0 Å². The summed E-state index contributed by atoms with van der Waals surface area (Å²) in [6.45, 7) is 1.21. The molecule has 0 aliphatic carbocycles. The fourth-order valence-corrected chi connectivity index (χ4v) is 1.09. The number of nitrogens with one attached hydrogen (secondary N) is 1. The molecule has 0 aliphatic rings.